The summed E-state index contributed by atoms with van der Waals surface area (Å²) in [5.41, 5.74) is 0.294. The van der Waals surface area contributed by atoms with Gasteiger partial charge in [-0.25, -0.2) is 13.2 Å². The largest absolute Gasteiger partial charge is 0.478 e. The van der Waals surface area contributed by atoms with E-state index in [-0.39, 0.29) is 11.4 Å². The van der Waals surface area contributed by atoms with Crippen LogP contribution < -0.4 is 4.90 Å². The summed E-state index contributed by atoms with van der Waals surface area (Å²) in [6.45, 7) is 0. The number of hydrogen-bond acceptors (Lipinski definition) is 4. The monoisotopic (exact) mass is 263 g/mol. The van der Waals surface area contributed by atoms with Crippen molar-refractivity contribution in [2.75, 3.05) is 17.8 Å². The van der Waals surface area contributed by atoms with Gasteiger partial charge in [-0.1, -0.05) is 11.6 Å². The molecular formula is C9H10ClNO4S. The molecule has 1 N–H and O–H groups in total. The Bertz CT molecular complexity index is 478. The molecule has 0 atom stereocenters. The molecule has 16 heavy (non-hydrogen) atoms. The van der Waals surface area contributed by atoms with Gasteiger partial charge in [0.05, 0.1) is 11.3 Å². The Morgan fingerprint density at radius 2 is 2.12 bits per heavy atom. The quantitative estimate of drug-likeness (QED) is 0.794. The molecule has 0 aromatic heterocycles. The van der Waals surface area contributed by atoms with Crippen LogP contribution >= 0.6 is 11.6 Å². The molecule has 5 nitrogen and oxygen atoms in total. The molecule has 0 heterocycles. The first-order valence-corrected chi connectivity index (χ1v) is 6.01. The molecule has 0 aliphatic carbocycles. The minimum absolute atomic E-state index is 0.0214. The number of nitrogens with zero attached hydrogens (tertiary/aromatic N) is 1. The fourth-order valence-corrected chi connectivity index (χ4v) is 1.93. The second-order valence-corrected chi connectivity index (χ2v) is 4.52. The number of hydrogen-bond donors (Lipinski definition) is 2. The van der Waals surface area contributed by atoms with E-state index in [1.165, 1.54) is 30.1 Å². The third-order valence-corrected chi connectivity index (χ3v) is 2.82. The van der Waals surface area contributed by atoms with E-state index >= 15 is 0 Å². The highest BCUT2D eigenvalue weighted by molar-refractivity contribution is 7.72. The fraction of sp³-hybridized carbons (Fsp3) is 0.222. The summed E-state index contributed by atoms with van der Waals surface area (Å²) in [6.07, 6.45) is 0. The molecule has 0 unspecified atom stereocenters. The normalized spacial score (nSPS) is 10.4. The highest BCUT2D eigenvalue weighted by Crippen LogP contribution is 2.23. The van der Waals surface area contributed by atoms with Crippen LogP contribution in [0.15, 0.2) is 18.2 Å². The van der Waals surface area contributed by atoms with Crippen LogP contribution in [0.5, 0.6) is 0 Å². The Morgan fingerprint density at radius 3 is 2.62 bits per heavy atom. The Morgan fingerprint density at radius 1 is 1.50 bits per heavy atom. The van der Waals surface area contributed by atoms with E-state index in [9.17, 15) is 13.2 Å². The topological polar surface area (TPSA) is 74.7 Å². The highest BCUT2D eigenvalue weighted by atomic mass is 35.5. The zero-order valence-electron chi connectivity index (χ0n) is 8.38. The molecule has 0 saturated carbocycles. The summed E-state index contributed by atoms with van der Waals surface area (Å²) in [5.74, 6) is -1.39. The van der Waals surface area contributed by atoms with Crippen LogP contribution in [0.3, 0.4) is 0 Å². The average Bonchev–Trinajstić information content (AvgIpc) is 2.16. The number of carbonyl (C=O) groups is 1. The van der Waals surface area contributed by atoms with E-state index in [1.54, 1.807) is 0 Å². The number of rotatable bonds is 4. The molecule has 0 saturated heterocycles. The molecule has 88 valence electrons. The first-order valence-electron chi connectivity index (χ1n) is 4.27. The molecular weight excluding hydrogens is 254 g/mol. The van der Waals surface area contributed by atoms with Gasteiger partial charge in [0.2, 0.25) is 0 Å². The van der Waals surface area contributed by atoms with Crippen LogP contribution in [0.25, 0.3) is 0 Å². The lowest BCUT2D eigenvalue weighted by molar-refractivity contribution is 0.0697. The second kappa shape index (κ2) is 5.18. The molecule has 1 aromatic rings. The van der Waals surface area contributed by atoms with E-state index in [0.29, 0.717) is 10.7 Å². The summed E-state index contributed by atoms with van der Waals surface area (Å²) < 4.78 is 21.1. The van der Waals surface area contributed by atoms with Crippen LogP contribution in [0.4, 0.5) is 5.69 Å². The first-order chi connectivity index (χ1) is 7.41. The number of aromatic carboxylic acids is 1. The lowest BCUT2D eigenvalue weighted by Gasteiger charge is -2.18. The third kappa shape index (κ3) is 3.11. The Labute approximate surface area is 99.2 Å². The Hall–Kier alpha value is -1.27. The van der Waals surface area contributed by atoms with Gasteiger partial charge in [0.1, 0.15) is 5.88 Å². The fourth-order valence-electron chi connectivity index (χ4n) is 1.26. The average molecular weight is 264 g/mol. The van der Waals surface area contributed by atoms with E-state index in [2.05, 4.69) is 0 Å². The van der Waals surface area contributed by atoms with Crippen molar-refractivity contribution in [1.82, 2.24) is 0 Å². The van der Waals surface area contributed by atoms with Crippen molar-refractivity contribution in [1.29, 1.82) is 0 Å². The predicted octanol–water partition coefficient (Wildman–Crippen LogP) is 1.04. The van der Waals surface area contributed by atoms with Crippen molar-refractivity contribution in [2.45, 2.75) is 0 Å². The van der Waals surface area contributed by atoms with Crippen LogP contribution in [-0.2, 0) is 10.7 Å². The van der Waals surface area contributed by atoms with Crippen LogP contribution in [-0.4, -0.2) is 32.4 Å². The molecule has 7 heteroatoms. The first kappa shape index (κ1) is 12.8. The van der Waals surface area contributed by atoms with Gasteiger partial charge in [-0.05, 0) is 18.2 Å². The summed E-state index contributed by atoms with van der Waals surface area (Å²) >= 11 is 5.67. The number of benzene rings is 1. The Balaban J connectivity index is 3.16. The number of anilines is 1. The van der Waals surface area contributed by atoms with Gasteiger partial charge in [0.25, 0.3) is 0 Å². The van der Waals surface area contributed by atoms with Crippen molar-refractivity contribution in [3.05, 3.63) is 28.8 Å². The molecule has 0 bridgehead atoms. The van der Waals surface area contributed by atoms with E-state index in [0.717, 1.165) is 0 Å². The van der Waals surface area contributed by atoms with Crippen molar-refractivity contribution < 1.29 is 18.3 Å². The molecule has 0 fully saturated rings. The maximum Gasteiger partial charge on any atom is 0.337 e. The van der Waals surface area contributed by atoms with Crippen LogP contribution in [0.1, 0.15) is 10.4 Å². The van der Waals surface area contributed by atoms with Gasteiger partial charge in [-0.2, -0.15) is 0 Å². The number of halogens is 1. The van der Waals surface area contributed by atoms with Gasteiger partial charge in [-0.3, -0.25) is 0 Å². The number of carboxylic acids is 1. The lowest BCUT2D eigenvalue weighted by Crippen LogP contribution is -2.21. The molecule has 1 aromatic carbocycles. The van der Waals surface area contributed by atoms with E-state index in [4.69, 9.17) is 16.7 Å². The van der Waals surface area contributed by atoms with E-state index in [1.807, 2.05) is 0 Å². The summed E-state index contributed by atoms with van der Waals surface area (Å²) in [5, 5.41) is 9.23. The zero-order valence-corrected chi connectivity index (χ0v) is 10.0. The maximum atomic E-state index is 10.9. The molecule has 1 rings (SSSR count). The van der Waals surface area contributed by atoms with Gasteiger partial charge in [-0.15, -0.1) is 0 Å². The number of thiol groups is 1. The summed E-state index contributed by atoms with van der Waals surface area (Å²) in [4.78, 5) is 12.3. The Kier molecular flexibility index (Phi) is 4.14. The standard InChI is InChI=1S/C9H10ClNO4S/c1-11(5-16(14)15)8-3-2-6(10)4-7(8)9(12)13/h2-4,16H,5H2,1H3,(H,12,13). The van der Waals surface area contributed by atoms with E-state index < -0.39 is 16.7 Å². The van der Waals surface area contributed by atoms with Gasteiger partial charge < -0.3 is 10.0 Å². The van der Waals surface area contributed by atoms with Crippen molar-refractivity contribution in [3.63, 3.8) is 0 Å². The molecule has 0 amide bonds. The summed E-state index contributed by atoms with van der Waals surface area (Å²) in [6, 6.07) is 4.27. The molecule has 0 aliphatic rings. The smallest absolute Gasteiger partial charge is 0.337 e. The third-order valence-electron chi connectivity index (χ3n) is 1.93. The highest BCUT2D eigenvalue weighted by Gasteiger charge is 2.14. The van der Waals surface area contributed by atoms with Crippen molar-refractivity contribution in [2.24, 2.45) is 0 Å². The van der Waals surface area contributed by atoms with Crippen LogP contribution in [0, 0.1) is 0 Å². The SMILES string of the molecule is CN(C[SH](=O)=O)c1ccc(Cl)cc1C(=O)O. The lowest BCUT2D eigenvalue weighted by atomic mass is 10.1. The summed E-state index contributed by atoms with van der Waals surface area (Å²) in [7, 11) is -1.10. The zero-order chi connectivity index (χ0) is 12.3. The predicted molar refractivity (Wildman–Crippen MR) is 62.0 cm³/mol. The van der Waals surface area contributed by atoms with Crippen LogP contribution in [0.2, 0.25) is 5.02 Å². The van der Waals surface area contributed by atoms with Crippen molar-refractivity contribution >= 4 is 34.0 Å². The van der Waals surface area contributed by atoms with Gasteiger partial charge >= 0.3 is 5.97 Å². The minimum atomic E-state index is -2.60. The maximum absolute atomic E-state index is 10.9. The molecule has 0 radical (unpaired) electrons. The minimum Gasteiger partial charge on any atom is -0.478 e. The van der Waals surface area contributed by atoms with Gasteiger partial charge in [0, 0.05) is 12.1 Å². The number of carboxylic acid groups (broad SMARTS) is 1. The van der Waals surface area contributed by atoms with Crippen molar-refractivity contribution in [3.8, 4) is 0 Å². The molecule has 0 spiro atoms. The second-order valence-electron chi connectivity index (χ2n) is 3.14. The van der Waals surface area contributed by atoms with Gasteiger partial charge in [0.15, 0.2) is 10.7 Å². The molecule has 0 aliphatic heterocycles.